The van der Waals surface area contributed by atoms with Gasteiger partial charge in [-0.1, -0.05) is 18.9 Å². The van der Waals surface area contributed by atoms with Crippen molar-refractivity contribution in [2.45, 2.75) is 20.0 Å². The molecule has 0 radical (unpaired) electrons. The first kappa shape index (κ1) is 8.73. The van der Waals surface area contributed by atoms with Gasteiger partial charge in [-0.2, -0.15) is 0 Å². The molecular weight excluding hydrogens is 153 g/mol. The van der Waals surface area contributed by atoms with Gasteiger partial charge in [0.1, 0.15) is 12.4 Å². The summed E-state index contributed by atoms with van der Waals surface area (Å²) in [6.45, 7) is 1.44. The summed E-state index contributed by atoms with van der Waals surface area (Å²) in [5, 5.41) is 0. The summed E-state index contributed by atoms with van der Waals surface area (Å²) in [6, 6.07) is 5.19. The second kappa shape index (κ2) is 4.50. The van der Waals surface area contributed by atoms with Crippen LogP contribution in [0.5, 0.6) is 0 Å². The summed E-state index contributed by atoms with van der Waals surface area (Å²) in [5.41, 5.74) is 1.09. The van der Waals surface area contributed by atoms with Crippen molar-refractivity contribution < 1.29 is 4.39 Å². The molecule has 0 spiro atoms. The van der Waals surface area contributed by atoms with E-state index in [2.05, 4.69) is 16.8 Å². The van der Waals surface area contributed by atoms with Gasteiger partial charge in [-0.25, -0.2) is 9.37 Å². The number of hydrogen-bond donors (Lipinski definition) is 0. The zero-order valence-electron chi connectivity index (χ0n) is 6.97. The molecule has 0 fully saturated rings. The van der Waals surface area contributed by atoms with Crippen LogP contribution >= 0.6 is 0 Å². The summed E-state index contributed by atoms with van der Waals surface area (Å²) in [5.74, 6) is 5.72. The number of aromatic nitrogens is 1. The highest BCUT2D eigenvalue weighted by Gasteiger charge is 1.92. The fourth-order valence-corrected chi connectivity index (χ4v) is 0.803. The second-order valence-corrected chi connectivity index (χ2v) is 2.30. The van der Waals surface area contributed by atoms with Crippen molar-refractivity contribution in [1.82, 2.24) is 4.98 Å². The Balaban J connectivity index is 2.86. The van der Waals surface area contributed by atoms with Crippen LogP contribution in [0, 0.1) is 11.8 Å². The molecule has 0 aliphatic rings. The number of halogens is 1. The largest absolute Gasteiger partial charge is 0.244 e. The van der Waals surface area contributed by atoms with Crippen LogP contribution in [0.25, 0.3) is 0 Å². The normalized spacial score (nSPS) is 8.83. The van der Waals surface area contributed by atoms with Gasteiger partial charge in [-0.15, -0.1) is 0 Å². The lowest BCUT2D eigenvalue weighted by molar-refractivity contribution is 0.476. The van der Waals surface area contributed by atoms with Crippen molar-refractivity contribution in [3.63, 3.8) is 0 Å². The highest BCUT2D eigenvalue weighted by atomic mass is 19.1. The van der Waals surface area contributed by atoms with E-state index in [-0.39, 0.29) is 0 Å². The maximum Gasteiger partial charge on any atom is 0.131 e. The van der Waals surface area contributed by atoms with Gasteiger partial charge < -0.3 is 0 Å². The first-order chi connectivity index (χ1) is 5.86. The van der Waals surface area contributed by atoms with Gasteiger partial charge in [0.25, 0.3) is 0 Å². The molecule has 1 nitrogen and oxygen atoms in total. The number of hydrogen-bond acceptors (Lipinski definition) is 1. The van der Waals surface area contributed by atoms with Gasteiger partial charge in [0.2, 0.25) is 0 Å². The number of rotatable bonds is 1. The highest BCUT2D eigenvalue weighted by molar-refractivity contribution is 5.28. The van der Waals surface area contributed by atoms with Crippen LogP contribution in [0.4, 0.5) is 4.39 Å². The van der Waals surface area contributed by atoms with Gasteiger partial charge in [-0.05, 0) is 18.1 Å². The second-order valence-electron chi connectivity index (χ2n) is 2.30. The summed E-state index contributed by atoms with van der Waals surface area (Å²) >= 11 is 0. The topological polar surface area (TPSA) is 12.9 Å². The van der Waals surface area contributed by atoms with Crippen molar-refractivity contribution >= 4 is 0 Å². The van der Waals surface area contributed by atoms with Crippen LogP contribution in [0.2, 0.25) is 0 Å². The van der Waals surface area contributed by atoms with Crippen LogP contribution in [-0.2, 0) is 6.67 Å². The Morgan fingerprint density at radius 1 is 1.50 bits per heavy atom. The molecule has 0 saturated heterocycles. The minimum Gasteiger partial charge on any atom is -0.244 e. The summed E-state index contributed by atoms with van der Waals surface area (Å²) < 4.78 is 12.1. The van der Waals surface area contributed by atoms with E-state index in [0.717, 1.165) is 6.42 Å². The quantitative estimate of drug-likeness (QED) is 0.579. The summed E-state index contributed by atoms with van der Waals surface area (Å²) in [6.07, 6.45) is 0.793. The molecule has 0 atom stereocenters. The minimum absolute atomic E-state index is 0.443. The molecule has 1 aromatic heterocycles. The molecule has 0 amide bonds. The van der Waals surface area contributed by atoms with E-state index in [1.807, 2.05) is 6.92 Å². The Bertz CT molecular complexity index is 309. The average Bonchev–Trinajstić information content (AvgIpc) is 2.15. The third-order valence-electron chi connectivity index (χ3n) is 1.34. The smallest absolute Gasteiger partial charge is 0.131 e. The SMILES string of the molecule is CCC#Cc1cccc(CF)n1. The summed E-state index contributed by atoms with van der Waals surface area (Å²) in [7, 11) is 0. The molecule has 0 bridgehead atoms. The number of alkyl halides is 1. The van der Waals surface area contributed by atoms with Crippen LogP contribution in [0.1, 0.15) is 24.7 Å². The van der Waals surface area contributed by atoms with Crippen LogP contribution in [0.3, 0.4) is 0 Å². The number of nitrogens with zero attached hydrogens (tertiary/aromatic N) is 1. The number of pyridine rings is 1. The first-order valence-electron chi connectivity index (χ1n) is 3.87. The predicted octanol–water partition coefficient (Wildman–Crippen LogP) is 2.31. The Morgan fingerprint density at radius 3 is 3.00 bits per heavy atom. The van der Waals surface area contributed by atoms with Crippen molar-refractivity contribution in [2.75, 3.05) is 0 Å². The lowest BCUT2D eigenvalue weighted by Crippen LogP contribution is -1.88. The van der Waals surface area contributed by atoms with Crippen LogP contribution in [-0.4, -0.2) is 4.98 Å². The van der Waals surface area contributed by atoms with Gasteiger partial charge in [0.15, 0.2) is 0 Å². The van der Waals surface area contributed by atoms with Crippen molar-refractivity contribution in [1.29, 1.82) is 0 Å². The lowest BCUT2D eigenvalue weighted by atomic mass is 10.3. The van der Waals surface area contributed by atoms with Gasteiger partial charge in [0, 0.05) is 6.42 Å². The molecule has 0 aliphatic carbocycles. The molecule has 12 heavy (non-hydrogen) atoms. The minimum atomic E-state index is -0.526. The van der Waals surface area contributed by atoms with E-state index in [1.165, 1.54) is 0 Å². The molecule has 0 saturated carbocycles. The standard InChI is InChI=1S/C10H10FN/c1-2-3-5-9-6-4-7-10(8-11)12-9/h4,6-7H,2,8H2,1H3. The molecule has 2 heteroatoms. The molecule has 0 N–H and O–H groups in total. The van der Waals surface area contributed by atoms with E-state index in [0.29, 0.717) is 11.4 Å². The monoisotopic (exact) mass is 163 g/mol. The van der Waals surface area contributed by atoms with Crippen LogP contribution < -0.4 is 0 Å². The Morgan fingerprint density at radius 2 is 2.33 bits per heavy atom. The molecule has 1 heterocycles. The van der Waals surface area contributed by atoms with Gasteiger partial charge in [-0.3, -0.25) is 0 Å². The van der Waals surface area contributed by atoms with Crippen molar-refractivity contribution in [3.8, 4) is 11.8 Å². The third-order valence-corrected chi connectivity index (χ3v) is 1.34. The van der Waals surface area contributed by atoms with Crippen LogP contribution in [0.15, 0.2) is 18.2 Å². The Hall–Kier alpha value is -1.36. The zero-order chi connectivity index (χ0) is 8.81. The zero-order valence-corrected chi connectivity index (χ0v) is 6.97. The van der Waals surface area contributed by atoms with Gasteiger partial charge >= 0.3 is 0 Å². The van der Waals surface area contributed by atoms with E-state index in [9.17, 15) is 4.39 Å². The van der Waals surface area contributed by atoms with E-state index >= 15 is 0 Å². The van der Waals surface area contributed by atoms with Gasteiger partial charge in [0.05, 0.1) is 5.69 Å². The molecule has 0 aliphatic heterocycles. The molecule has 62 valence electrons. The molecular formula is C10H10FN. The van der Waals surface area contributed by atoms with E-state index in [1.54, 1.807) is 18.2 Å². The fraction of sp³-hybridized carbons (Fsp3) is 0.300. The molecule has 1 rings (SSSR count). The Labute approximate surface area is 71.6 Å². The molecule has 1 aromatic rings. The van der Waals surface area contributed by atoms with Crippen molar-refractivity contribution in [2.24, 2.45) is 0 Å². The molecule has 0 aromatic carbocycles. The average molecular weight is 163 g/mol. The van der Waals surface area contributed by atoms with Crippen molar-refractivity contribution in [3.05, 3.63) is 29.6 Å². The predicted molar refractivity (Wildman–Crippen MR) is 46.2 cm³/mol. The third kappa shape index (κ3) is 2.35. The Kier molecular flexibility index (Phi) is 3.28. The highest BCUT2D eigenvalue weighted by Crippen LogP contribution is 1.99. The maximum absolute atomic E-state index is 12.1. The molecule has 0 unspecified atom stereocenters. The summed E-state index contributed by atoms with van der Waals surface area (Å²) in [4.78, 5) is 3.98. The fourth-order valence-electron chi connectivity index (χ4n) is 0.803. The maximum atomic E-state index is 12.1. The van der Waals surface area contributed by atoms with E-state index in [4.69, 9.17) is 0 Å². The van der Waals surface area contributed by atoms with E-state index < -0.39 is 6.67 Å². The lowest BCUT2D eigenvalue weighted by Gasteiger charge is -1.92. The first-order valence-corrected chi connectivity index (χ1v) is 3.87.